The Kier molecular flexibility index (Phi) is 2.48. The molecule has 0 bridgehead atoms. The van der Waals surface area contributed by atoms with Gasteiger partial charge < -0.3 is 10.3 Å². The SMILES string of the molecule is c1nc2c([nH]1)CCNC21CCCSCC1. The molecule has 1 saturated heterocycles. The molecule has 15 heavy (non-hydrogen) atoms. The Balaban J connectivity index is 1.98. The number of hydrogen-bond donors (Lipinski definition) is 2. The minimum atomic E-state index is 0.192. The van der Waals surface area contributed by atoms with Crippen LogP contribution in [0.15, 0.2) is 6.33 Å². The van der Waals surface area contributed by atoms with Gasteiger partial charge in [0, 0.05) is 18.7 Å². The van der Waals surface area contributed by atoms with Crippen LogP contribution in [0.25, 0.3) is 0 Å². The molecule has 4 heteroatoms. The van der Waals surface area contributed by atoms with Gasteiger partial charge in [0.15, 0.2) is 0 Å². The van der Waals surface area contributed by atoms with Crippen molar-refractivity contribution < 1.29 is 0 Å². The van der Waals surface area contributed by atoms with E-state index in [1.165, 1.54) is 42.2 Å². The standard InChI is InChI=1S/C11H17N3S/c1-3-11(4-7-15-6-1)10-9(2-5-14-11)12-8-13-10/h8,14H,1-7H2,(H,12,13). The molecule has 3 rings (SSSR count). The van der Waals surface area contributed by atoms with Crippen LogP contribution in [-0.4, -0.2) is 28.0 Å². The van der Waals surface area contributed by atoms with E-state index >= 15 is 0 Å². The molecule has 82 valence electrons. The summed E-state index contributed by atoms with van der Waals surface area (Å²) >= 11 is 2.08. The molecule has 2 aliphatic heterocycles. The first kappa shape index (κ1) is 9.73. The predicted octanol–water partition coefficient (Wildman–Crippen LogP) is 1.67. The van der Waals surface area contributed by atoms with E-state index in [1.54, 1.807) is 0 Å². The molecular weight excluding hydrogens is 206 g/mol. The van der Waals surface area contributed by atoms with Crippen molar-refractivity contribution in [3.05, 3.63) is 17.7 Å². The lowest BCUT2D eigenvalue weighted by atomic mass is 9.83. The zero-order valence-electron chi connectivity index (χ0n) is 8.88. The first-order chi connectivity index (χ1) is 7.41. The van der Waals surface area contributed by atoms with E-state index < -0.39 is 0 Å². The summed E-state index contributed by atoms with van der Waals surface area (Å²) < 4.78 is 0. The van der Waals surface area contributed by atoms with E-state index in [2.05, 4.69) is 27.0 Å². The molecule has 0 aliphatic carbocycles. The summed E-state index contributed by atoms with van der Waals surface area (Å²) in [7, 11) is 0. The fraction of sp³-hybridized carbons (Fsp3) is 0.727. The number of aromatic nitrogens is 2. The predicted molar refractivity (Wildman–Crippen MR) is 63.1 cm³/mol. The van der Waals surface area contributed by atoms with E-state index in [0.717, 1.165) is 13.0 Å². The summed E-state index contributed by atoms with van der Waals surface area (Å²) in [6.07, 6.45) is 6.75. The van der Waals surface area contributed by atoms with Crippen molar-refractivity contribution in [2.45, 2.75) is 31.2 Å². The summed E-state index contributed by atoms with van der Waals surface area (Å²) in [4.78, 5) is 7.84. The van der Waals surface area contributed by atoms with Gasteiger partial charge in [0.2, 0.25) is 0 Å². The molecule has 1 aromatic rings. The Morgan fingerprint density at radius 1 is 1.33 bits per heavy atom. The molecule has 1 aromatic heterocycles. The minimum absolute atomic E-state index is 0.192. The second kappa shape index (κ2) is 3.83. The maximum atomic E-state index is 4.55. The summed E-state index contributed by atoms with van der Waals surface area (Å²) in [5, 5.41) is 3.72. The first-order valence-corrected chi connectivity index (χ1v) is 6.92. The first-order valence-electron chi connectivity index (χ1n) is 5.76. The molecule has 0 radical (unpaired) electrons. The van der Waals surface area contributed by atoms with Crippen LogP contribution < -0.4 is 5.32 Å². The maximum Gasteiger partial charge on any atom is 0.0926 e. The Labute approximate surface area is 94.4 Å². The third kappa shape index (κ3) is 1.60. The van der Waals surface area contributed by atoms with Gasteiger partial charge in [0.05, 0.1) is 17.6 Å². The number of imidazole rings is 1. The zero-order valence-corrected chi connectivity index (χ0v) is 9.70. The number of hydrogen-bond acceptors (Lipinski definition) is 3. The van der Waals surface area contributed by atoms with Crippen LogP contribution in [0.1, 0.15) is 30.7 Å². The van der Waals surface area contributed by atoms with Crippen molar-refractivity contribution in [3.8, 4) is 0 Å². The highest BCUT2D eigenvalue weighted by atomic mass is 32.2. The Morgan fingerprint density at radius 3 is 3.33 bits per heavy atom. The monoisotopic (exact) mass is 223 g/mol. The van der Waals surface area contributed by atoms with Crippen LogP contribution in [0, 0.1) is 0 Å². The Bertz CT molecular complexity index is 339. The number of rotatable bonds is 0. The fourth-order valence-corrected chi connectivity index (χ4v) is 3.84. The van der Waals surface area contributed by atoms with Gasteiger partial charge in [-0.1, -0.05) is 0 Å². The van der Waals surface area contributed by atoms with Crippen molar-refractivity contribution in [1.82, 2.24) is 15.3 Å². The molecule has 0 aromatic carbocycles. The number of fused-ring (bicyclic) bond motifs is 2. The summed E-state index contributed by atoms with van der Waals surface area (Å²) in [5.41, 5.74) is 2.86. The van der Waals surface area contributed by atoms with Gasteiger partial charge in [-0.25, -0.2) is 4.98 Å². The highest BCUT2D eigenvalue weighted by Gasteiger charge is 2.38. The molecule has 0 saturated carbocycles. The molecule has 2 aliphatic rings. The van der Waals surface area contributed by atoms with Crippen LogP contribution >= 0.6 is 11.8 Å². The summed E-state index contributed by atoms with van der Waals surface area (Å²) in [6.45, 7) is 1.10. The second-order valence-corrected chi connectivity index (χ2v) is 5.68. The van der Waals surface area contributed by atoms with Crippen LogP contribution in [0.3, 0.4) is 0 Å². The van der Waals surface area contributed by atoms with Gasteiger partial charge in [0.1, 0.15) is 0 Å². The average molecular weight is 223 g/mol. The van der Waals surface area contributed by atoms with Crippen molar-refractivity contribution in [3.63, 3.8) is 0 Å². The highest BCUT2D eigenvalue weighted by Crippen LogP contribution is 2.37. The van der Waals surface area contributed by atoms with Gasteiger partial charge in [-0.15, -0.1) is 0 Å². The van der Waals surface area contributed by atoms with E-state index in [9.17, 15) is 0 Å². The number of H-pyrrole nitrogens is 1. The number of aromatic amines is 1. The number of nitrogens with one attached hydrogen (secondary N) is 2. The third-order valence-corrected chi connectivity index (χ3v) is 4.65. The normalized spacial score (nSPS) is 31.2. The summed E-state index contributed by atoms with van der Waals surface area (Å²) in [5.74, 6) is 2.57. The number of nitrogens with zero attached hydrogens (tertiary/aromatic N) is 1. The van der Waals surface area contributed by atoms with Crippen LogP contribution in [-0.2, 0) is 12.0 Å². The third-order valence-electron chi connectivity index (χ3n) is 3.58. The highest BCUT2D eigenvalue weighted by molar-refractivity contribution is 7.99. The lowest BCUT2D eigenvalue weighted by molar-refractivity contribution is 0.277. The maximum absolute atomic E-state index is 4.55. The lowest BCUT2D eigenvalue weighted by Gasteiger charge is -2.36. The van der Waals surface area contributed by atoms with Gasteiger partial charge in [-0.05, 0) is 30.8 Å². The van der Waals surface area contributed by atoms with E-state index in [-0.39, 0.29) is 5.54 Å². The molecule has 1 unspecified atom stereocenters. The van der Waals surface area contributed by atoms with Crippen molar-refractivity contribution in [1.29, 1.82) is 0 Å². The van der Waals surface area contributed by atoms with Gasteiger partial charge in [-0.3, -0.25) is 0 Å². The van der Waals surface area contributed by atoms with Crippen LogP contribution in [0.5, 0.6) is 0 Å². The molecular formula is C11H17N3S. The van der Waals surface area contributed by atoms with Gasteiger partial charge >= 0.3 is 0 Å². The van der Waals surface area contributed by atoms with Crippen LogP contribution in [0.4, 0.5) is 0 Å². The molecule has 1 spiro atoms. The molecule has 1 atom stereocenters. The molecule has 3 heterocycles. The van der Waals surface area contributed by atoms with E-state index in [1.807, 2.05) is 6.33 Å². The largest absolute Gasteiger partial charge is 0.348 e. The topological polar surface area (TPSA) is 40.7 Å². The molecule has 1 fully saturated rings. The molecule has 0 amide bonds. The quantitative estimate of drug-likeness (QED) is 0.703. The summed E-state index contributed by atoms with van der Waals surface area (Å²) in [6, 6.07) is 0. The van der Waals surface area contributed by atoms with E-state index in [4.69, 9.17) is 0 Å². The second-order valence-electron chi connectivity index (χ2n) is 4.45. The average Bonchev–Trinajstić information content (AvgIpc) is 2.62. The molecule has 2 N–H and O–H groups in total. The lowest BCUT2D eigenvalue weighted by Crippen LogP contribution is -2.47. The van der Waals surface area contributed by atoms with E-state index in [0.29, 0.717) is 0 Å². The smallest absolute Gasteiger partial charge is 0.0926 e. The van der Waals surface area contributed by atoms with Gasteiger partial charge in [-0.2, -0.15) is 11.8 Å². The number of thioether (sulfide) groups is 1. The van der Waals surface area contributed by atoms with Crippen molar-refractivity contribution in [2.75, 3.05) is 18.1 Å². The molecule has 3 nitrogen and oxygen atoms in total. The Morgan fingerprint density at radius 2 is 2.33 bits per heavy atom. The van der Waals surface area contributed by atoms with Crippen LogP contribution in [0.2, 0.25) is 0 Å². The Hall–Kier alpha value is -0.480. The minimum Gasteiger partial charge on any atom is -0.348 e. The zero-order chi connectivity index (χ0) is 10.1. The van der Waals surface area contributed by atoms with Crippen molar-refractivity contribution >= 4 is 11.8 Å². The fourth-order valence-electron chi connectivity index (χ4n) is 2.80. The van der Waals surface area contributed by atoms with Crippen molar-refractivity contribution in [2.24, 2.45) is 0 Å². The van der Waals surface area contributed by atoms with Gasteiger partial charge in [0.25, 0.3) is 0 Å².